The molecule has 482 valence electrons. The number of furan rings is 4. The Bertz CT molecular complexity index is 6140. The van der Waals surface area contributed by atoms with E-state index in [-0.39, 0.29) is 0 Å². The minimum absolute atomic E-state index is 0.698. The maximum atomic E-state index is 6.28. The van der Waals surface area contributed by atoms with E-state index >= 15 is 0 Å². The first-order valence-electron chi connectivity index (χ1n) is 33.4. The highest BCUT2D eigenvalue weighted by atomic mass is 16.4. The van der Waals surface area contributed by atoms with Gasteiger partial charge in [0, 0.05) is 108 Å². The van der Waals surface area contributed by atoms with Crippen LogP contribution in [-0.4, -0.2) is 15.0 Å². The Morgan fingerprint density at radius 1 is 0.253 bits per heavy atom. The molecule has 0 atom stereocenters. The second kappa shape index (κ2) is 26.1. The normalized spacial score (nSPS) is 11.4. The molecule has 11 aromatic heterocycles. The summed E-state index contributed by atoms with van der Waals surface area (Å²) in [6.45, 7) is 14.5. The highest BCUT2D eigenvalue weighted by Gasteiger charge is 2.26. The summed E-state index contributed by atoms with van der Waals surface area (Å²) in [5, 5.41) is 8.87. The van der Waals surface area contributed by atoms with Crippen LogP contribution in [0, 0.1) is 48.5 Å². The fourth-order valence-electron chi connectivity index (χ4n) is 13.8. The molecule has 99 heavy (non-hydrogen) atoms. The molecule has 0 saturated carbocycles. The first kappa shape index (κ1) is 62.9. The van der Waals surface area contributed by atoms with Crippen molar-refractivity contribution in [2.75, 3.05) is 0 Å². The molecule has 0 bridgehead atoms. The molecule has 18 aromatic rings. The number of rotatable bonds is 6. The van der Waals surface area contributed by atoms with Crippen molar-refractivity contribution in [2.45, 2.75) is 48.5 Å². The van der Waals surface area contributed by atoms with Gasteiger partial charge in [-0.05, 0) is 148 Å². The summed E-state index contributed by atoms with van der Waals surface area (Å²) in [5.41, 5.74) is 28.3. The molecule has 7 aromatic carbocycles. The van der Waals surface area contributed by atoms with E-state index in [1.807, 2.05) is 75.4 Å². The summed E-state index contributed by atoms with van der Waals surface area (Å²) < 4.78 is 33.4. The average Bonchev–Trinajstić information content (AvgIpc) is 1.65. The molecule has 0 aliphatic rings. The summed E-state index contributed by atoms with van der Waals surface area (Å²) in [7, 11) is 8.29. The maximum Gasteiger partial charge on any atom is 0.227 e. The number of hydrogen-bond donors (Lipinski definition) is 0. The number of pyridine rings is 7. The second-order valence-electron chi connectivity index (χ2n) is 25.8. The third kappa shape index (κ3) is 11.8. The van der Waals surface area contributed by atoms with E-state index in [9.17, 15) is 0 Å². The van der Waals surface area contributed by atoms with E-state index in [1.165, 1.54) is 66.5 Å². The largest absolute Gasteiger partial charge is 0.455 e. The highest BCUT2D eigenvalue weighted by molar-refractivity contribution is 6.12. The van der Waals surface area contributed by atoms with E-state index in [2.05, 4.69) is 290 Å². The fourth-order valence-corrected chi connectivity index (χ4v) is 13.8. The van der Waals surface area contributed by atoms with Crippen molar-refractivity contribution in [3.8, 4) is 67.3 Å². The van der Waals surface area contributed by atoms with Crippen molar-refractivity contribution in [3.63, 3.8) is 0 Å². The van der Waals surface area contributed by atoms with Gasteiger partial charge in [-0.15, -0.1) is 0 Å². The van der Waals surface area contributed by atoms with E-state index in [4.69, 9.17) is 17.7 Å². The molecule has 0 N–H and O–H groups in total. The Balaban J connectivity index is 0.000000108. The summed E-state index contributed by atoms with van der Waals surface area (Å²) >= 11 is 0. The predicted molar refractivity (Wildman–Crippen MR) is 399 cm³/mol. The third-order valence-corrected chi connectivity index (χ3v) is 19.0. The zero-order valence-corrected chi connectivity index (χ0v) is 57.5. The minimum atomic E-state index is 0.698. The van der Waals surface area contributed by atoms with Crippen LogP contribution in [-0.2, 0) is 28.2 Å². The lowest BCUT2D eigenvalue weighted by Crippen LogP contribution is -2.30. The van der Waals surface area contributed by atoms with Gasteiger partial charge in [0.05, 0.1) is 22.3 Å². The van der Waals surface area contributed by atoms with Crippen LogP contribution in [0.25, 0.3) is 155 Å². The van der Waals surface area contributed by atoms with Crippen LogP contribution in [0.2, 0.25) is 0 Å². The Hall–Kier alpha value is -12.2. The number of benzene rings is 7. The number of para-hydroxylation sites is 1. The Morgan fingerprint density at radius 3 is 1.06 bits per heavy atom. The average molecular weight is 1290 g/mol. The topological polar surface area (TPSA) is 107 Å². The third-order valence-electron chi connectivity index (χ3n) is 19.0. The van der Waals surface area contributed by atoms with Crippen molar-refractivity contribution < 1.29 is 35.9 Å². The first-order chi connectivity index (χ1) is 48.1. The van der Waals surface area contributed by atoms with Crippen LogP contribution < -0.4 is 18.3 Å². The molecular weight excluding hydrogens is 1220 g/mol. The molecule has 0 amide bonds. The molecule has 0 aliphatic heterocycles. The van der Waals surface area contributed by atoms with Gasteiger partial charge in [0.2, 0.25) is 39.9 Å². The van der Waals surface area contributed by atoms with Gasteiger partial charge >= 0.3 is 0 Å². The molecule has 0 fully saturated rings. The van der Waals surface area contributed by atoms with Crippen molar-refractivity contribution in [3.05, 3.63) is 295 Å². The maximum absolute atomic E-state index is 6.28. The summed E-state index contributed by atoms with van der Waals surface area (Å²) in [5.74, 6) is 0. The summed E-state index contributed by atoms with van der Waals surface area (Å²) in [6.07, 6.45) is 8.41. The number of aryl methyl sites for hydroxylation is 11. The number of fused-ring (bicyclic) bond motifs is 12. The Labute approximate surface area is 574 Å². The molecule has 0 unspecified atom stereocenters. The molecule has 18 rings (SSSR count). The number of aromatic nitrogens is 7. The lowest BCUT2D eigenvalue weighted by Gasteiger charge is -2.08. The monoisotopic (exact) mass is 1290 g/mol. The van der Waals surface area contributed by atoms with Crippen molar-refractivity contribution >= 4 is 88.1 Å². The highest BCUT2D eigenvalue weighted by Crippen LogP contribution is 2.41. The number of nitrogens with zero attached hydrogens (tertiary/aromatic N) is 7. The van der Waals surface area contributed by atoms with E-state index in [1.54, 1.807) is 0 Å². The molecular formula is C88H75N7O4+4. The summed E-state index contributed by atoms with van der Waals surface area (Å²) in [4.78, 5) is 13.7. The standard InChI is InChI=1S/2C25H21N2O.C19H17N2O.C19H16NO/c1-16-9-12-20-21-13-10-17(2)26-25(21)28-24(20)23(16)22-14-11-19(15-27(22)3)18-7-5-4-6-8-18;1-16-9-11-20-21-12-10-17(2)26-25(21)28-24(20)23(16)22-15-19(13-14-27(22)3)18-7-5-4-6-8-18;1-12-7-9-14-15-10-8-13(2)20-19(15)22-18(14)17(12)16-6-4-5-11-21(16)3;1-13-10-11-15-14-7-3-4-9-17(14)21-19(15)18(13)16-8-5-6-12-20(16)2/h2*4-15H,1-3H3;4-11H,1-3H3;3-12H,1-2H3/q4*+1. The van der Waals surface area contributed by atoms with Crippen LogP contribution in [0.5, 0.6) is 0 Å². The molecule has 11 heteroatoms. The van der Waals surface area contributed by atoms with Gasteiger partial charge in [0.25, 0.3) is 0 Å². The van der Waals surface area contributed by atoms with Crippen molar-refractivity contribution in [2.24, 2.45) is 28.2 Å². The molecule has 0 saturated heterocycles. The van der Waals surface area contributed by atoms with Gasteiger partial charge < -0.3 is 17.7 Å². The smallest absolute Gasteiger partial charge is 0.227 e. The minimum Gasteiger partial charge on any atom is -0.455 e. The second-order valence-corrected chi connectivity index (χ2v) is 25.8. The molecule has 11 heterocycles. The van der Waals surface area contributed by atoms with Crippen LogP contribution in [0.4, 0.5) is 0 Å². The van der Waals surface area contributed by atoms with Gasteiger partial charge in [-0.2, -0.15) is 0 Å². The van der Waals surface area contributed by atoms with E-state index in [0.717, 1.165) is 111 Å². The van der Waals surface area contributed by atoms with Crippen molar-refractivity contribution in [1.29, 1.82) is 0 Å². The van der Waals surface area contributed by atoms with Gasteiger partial charge in [0.15, 0.2) is 41.5 Å². The Morgan fingerprint density at radius 2 is 0.616 bits per heavy atom. The number of hydrogen-bond acceptors (Lipinski definition) is 7. The fraction of sp³-hybridized carbons (Fsp3) is 0.125. The summed E-state index contributed by atoms with van der Waals surface area (Å²) in [6, 6.07) is 79.9. The van der Waals surface area contributed by atoms with Crippen molar-refractivity contribution in [1.82, 2.24) is 15.0 Å². The Kier molecular flexibility index (Phi) is 16.6. The van der Waals surface area contributed by atoms with Crippen LogP contribution in [0.3, 0.4) is 0 Å². The molecule has 11 nitrogen and oxygen atoms in total. The van der Waals surface area contributed by atoms with Gasteiger partial charge in [-0.3, -0.25) is 0 Å². The quantitative estimate of drug-likeness (QED) is 0.153. The molecule has 0 spiro atoms. The van der Waals surface area contributed by atoms with E-state index in [0.29, 0.717) is 17.1 Å². The van der Waals surface area contributed by atoms with Gasteiger partial charge in [-0.1, -0.05) is 127 Å². The zero-order valence-electron chi connectivity index (χ0n) is 57.5. The van der Waals surface area contributed by atoms with Crippen LogP contribution in [0.15, 0.2) is 273 Å². The zero-order chi connectivity index (χ0) is 68.2. The predicted octanol–water partition coefficient (Wildman–Crippen LogP) is 20.0. The van der Waals surface area contributed by atoms with Crippen LogP contribution in [0.1, 0.15) is 39.3 Å². The van der Waals surface area contributed by atoms with Gasteiger partial charge in [0.1, 0.15) is 39.4 Å². The lowest BCUT2D eigenvalue weighted by atomic mass is 9.98. The molecule has 0 aliphatic carbocycles. The SMILES string of the molecule is Cc1ccc2c(n1)oc1c(-c3cc(-c4ccccc4)cc[n+]3C)c(C)ccc12.Cc1ccc2c(n1)oc1c(-c3ccc(-c4ccccc4)c[n+]3C)c(C)ccc12.Cc1ccc2c(n1)oc1c(-c3cccc[n+]3C)c(C)ccc12.Cc1ccc2c(oc3ccccc32)c1-c1cccc[n+]1C. The first-order valence-corrected chi connectivity index (χ1v) is 33.4. The van der Waals surface area contributed by atoms with Gasteiger partial charge in [-0.25, -0.2) is 33.2 Å². The van der Waals surface area contributed by atoms with E-state index < -0.39 is 0 Å². The molecule has 0 radical (unpaired) electrons. The lowest BCUT2D eigenvalue weighted by molar-refractivity contribution is -0.660. The van der Waals surface area contributed by atoms with Crippen LogP contribution >= 0.6 is 0 Å².